The van der Waals surface area contributed by atoms with E-state index in [1.807, 2.05) is 0 Å². The van der Waals surface area contributed by atoms with Crippen molar-refractivity contribution in [3.63, 3.8) is 0 Å². The Morgan fingerprint density at radius 1 is 0.271 bits per heavy atom. The van der Waals surface area contributed by atoms with Crippen LogP contribution in [-0.2, 0) is 13.6 Å². The van der Waals surface area contributed by atoms with Crippen molar-refractivity contribution in [3.05, 3.63) is 359 Å². The third-order valence-electron chi connectivity index (χ3n) is 16.3. The van der Waals surface area contributed by atoms with E-state index in [4.69, 9.17) is 0 Å². The average molecular weight is 1090 g/mol. The first-order valence-electron chi connectivity index (χ1n) is 29.4. The van der Waals surface area contributed by atoms with Gasteiger partial charge in [0.05, 0.1) is 0 Å². The summed E-state index contributed by atoms with van der Waals surface area (Å²) >= 11 is 0. The molecule has 2 aromatic heterocycles. The highest BCUT2D eigenvalue weighted by atomic mass is 15.0. The number of nitrogens with zero attached hydrogens (tertiary/aromatic N) is 2. The summed E-state index contributed by atoms with van der Waals surface area (Å²) in [5.74, 6) is 0. The van der Waals surface area contributed by atoms with E-state index in [1.165, 1.54) is 133 Å². The van der Waals surface area contributed by atoms with Crippen molar-refractivity contribution in [2.24, 2.45) is 7.05 Å². The van der Waals surface area contributed by atoms with E-state index in [-0.39, 0.29) is 0 Å². The van der Waals surface area contributed by atoms with Gasteiger partial charge in [0.15, 0.2) is 0 Å². The minimum atomic E-state index is 0.956. The van der Waals surface area contributed by atoms with Crippen LogP contribution in [0.1, 0.15) is 62.6 Å². The third kappa shape index (κ3) is 11.8. The Balaban J connectivity index is 0.000000159. The number of aryl methyl sites for hydroxylation is 2. The van der Waals surface area contributed by atoms with Crippen LogP contribution in [0, 0.1) is 0 Å². The molecule has 85 heavy (non-hydrogen) atoms. The van der Waals surface area contributed by atoms with E-state index in [9.17, 15) is 0 Å². The summed E-state index contributed by atoms with van der Waals surface area (Å²) in [6.07, 6.45) is 13.4. The lowest BCUT2D eigenvalue weighted by Gasteiger charge is -2.10. The lowest BCUT2D eigenvalue weighted by atomic mass is 9.94. The average Bonchev–Trinajstić information content (AvgIpc) is 3.23. The molecule has 0 aliphatic carbocycles. The molecule has 0 aliphatic rings. The van der Waals surface area contributed by atoms with Gasteiger partial charge >= 0.3 is 0 Å². The van der Waals surface area contributed by atoms with Crippen molar-refractivity contribution in [1.82, 2.24) is 9.13 Å². The van der Waals surface area contributed by atoms with Crippen LogP contribution in [-0.4, -0.2) is 9.13 Å². The maximum absolute atomic E-state index is 2.41. The van der Waals surface area contributed by atoms with Gasteiger partial charge in [0.2, 0.25) is 0 Å². The second-order valence-corrected chi connectivity index (χ2v) is 21.6. The molecule has 0 radical (unpaired) electrons. The second kappa shape index (κ2) is 24.7. The van der Waals surface area contributed by atoms with Crippen LogP contribution in [0.25, 0.3) is 113 Å². The second-order valence-electron chi connectivity index (χ2n) is 21.6. The molecule has 0 amide bonds. The van der Waals surface area contributed by atoms with Gasteiger partial charge in [-0.05, 0) is 138 Å². The van der Waals surface area contributed by atoms with Crippen molar-refractivity contribution in [2.75, 3.05) is 0 Å². The molecule has 2 heteroatoms. The number of hydrogen-bond acceptors (Lipinski definition) is 0. The van der Waals surface area contributed by atoms with Gasteiger partial charge in [0.25, 0.3) is 0 Å². The molecular formula is C83H64N2. The molecule has 2 heterocycles. The normalized spacial score (nSPS) is 11.4. The molecule has 0 spiro atoms. The van der Waals surface area contributed by atoms with Crippen LogP contribution in [0.5, 0.6) is 0 Å². The van der Waals surface area contributed by atoms with Crippen molar-refractivity contribution in [2.45, 2.75) is 13.5 Å². The monoisotopic (exact) mass is 1090 g/mol. The lowest BCUT2D eigenvalue weighted by molar-refractivity contribution is 0.827. The molecule has 0 aliphatic heterocycles. The topological polar surface area (TPSA) is 9.86 Å². The zero-order valence-corrected chi connectivity index (χ0v) is 47.9. The molecule has 2 nitrogen and oxygen atoms in total. The highest BCUT2D eigenvalue weighted by molar-refractivity contribution is 6.10. The summed E-state index contributed by atoms with van der Waals surface area (Å²) in [5, 5.41) is 5.24. The number of rotatable bonds is 13. The molecule has 0 atom stereocenters. The van der Waals surface area contributed by atoms with Crippen LogP contribution >= 0.6 is 0 Å². The van der Waals surface area contributed by atoms with Crippen LogP contribution < -0.4 is 0 Å². The Bertz CT molecular complexity index is 4490. The zero-order valence-electron chi connectivity index (χ0n) is 47.9. The van der Waals surface area contributed by atoms with Crippen molar-refractivity contribution < 1.29 is 0 Å². The molecule has 0 bridgehead atoms. The SMILES string of the molecule is C(=C(c1ccccc1)c1ccccc1)c1ccc(-c2ccc(C=C(c3ccccc3)c3ccccc3)cc2)cc1.CCn1c2ccccc2c2ccc(/C=C/c3ccc(-c4ccc(/C=C/c5ccc6c(c5)c5ccccc5n6C)cc4)cc3)cc21. The fourth-order valence-electron chi connectivity index (χ4n) is 11.8. The summed E-state index contributed by atoms with van der Waals surface area (Å²) < 4.78 is 4.68. The minimum Gasteiger partial charge on any atom is -0.344 e. The Morgan fingerprint density at radius 3 is 1.02 bits per heavy atom. The number of benzene rings is 12. The van der Waals surface area contributed by atoms with Crippen LogP contribution in [0.2, 0.25) is 0 Å². The van der Waals surface area contributed by atoms with Gasteiger partial charge in [0.1, 0.15) is 0 Å². The van der Waals surface area contributed by atoms with Gasteiger partial charge in [-0.1, -0.05) is 297 Å². The van der Waals surface area contributed by atoms with Crippen LogP contribution in [0.3, 0.4) is 0 Å². The Morgan fingerprint density at radius 2 is 0.588 bits per heavy atom. The molecular weight excluding hydrogens is 1020 g/mol. The molecule has 14 aromatic rings. The number of para-hydroxylation sites is 2. The molecule has 0 unspecified atom stereocenters. The summed E-state index contributed by atoms with van der Waals surface area (Å²) in [7, 11) is 2.14. The number of fused-ring (bicyclic) bond motifs is 6. The maximum atomic E-state index is 2.41. The molecule has 0 N–H and O–H groups in total. The predicted molar refractivity (Wildman–Crippen MR) is 367 cm³/mol. The number of hydrogen-bond donors (Lipinski definition) is 0. The first-order valence-corrected chi connectivity index (χ1v) is 29.4. The minimum absolute atomic E-state index is 0.956. The van der Waals surface area contributed by atoms with Gasteiger partial charge < -0.3 is 9.13 Å². The van der Waals surface area contributed by atoms with Gasteiger partial charge in [-0.3, -0.25) is 0 Å². The smallest absolute Gasteiger partial charge is 0.0497 e. The number of aromatic nitrogens is 2. The largest absolute Gasteiger partial charge is 0.344 e. The Kier molecular flexibility index (Phi) is 15.6. The maximum Gasteiger partial charge on any atom is 0.0497 e. The fraction of sp³-hybridized carbons (Fsp3) is 0.0361. The molecule has 0 saturated carbocycles. The molecule has 0 saturated heterocycles. The van der Waals surface area contributed by atoms with E-state index in [1.54, 1.807) is 0 Å². The van der Waals surface area contributed by atoms with Gasteiger partial charge in [-0.15, -0.1) is 0 Å². The van der Waals surface area contributed by atoms with Crippen molar-refractivity contribution in [1.29, 1.82) is 0 Å². The van der Waals surface area contributed by atoms with Gasteiger partial charge in [0, 0.05) is 57.2 Å². The summed E-state index contributed by atoms with van der Waals surface area (Å²) in [6.45, 7) is 3.17. The first-order chi connectivity index (χ1) is 42.0. The van der Waals surface area contributed by atoms with E-state index < -0.39 is 0 Å². The molecule has 14 rings (SSSR count). The van der Waals surface area contributed by atoms with Crippen LogP contribution in [0.4, 0.5) is 0 Å². The zero-order chi connectivity index (χ0) is 57.3. The van der Waals surface area contributed by atoms with Gasteiger partial charge in [-0.25, -0.2) is 0 Å². The summed E-state index contributed by atoms with van der Waals surface area (Å²) in [4.78, 5) is 0. The van der Waals surface area contributed by atoms with Crippen molar-refractivity contribution >= 4 is 91.2 Å². The van der Waals surface area contributed by atoms with Gasteiger partial charge in [-0.2, -0.15) is 0 Å². The van der Waals surface area contributed by atoms with Crippen LogP contribution in [0.15, 0.2) is 303 Å². The Labute approximate surface area is 499 Å². The highest BCUT2D eigenvalue weighted by Gasteiger charge is 2.12. The predicted octanol–water partition coefficient (Wildman–Crippen LogP) is 22.0. The lowest BCUT2D eigenvalue weighted by Crippen LogP contribution is -1.92. The molecule has 12 aromatic carbocycles. The highest BCUT2D eigenvalue weighted by Crippen LogP contribution is 2.34. The quantitative estimate of drug-likeness (QED) is 0.102. The van der Waals surface area contributed by atoms with E-state index >= 15 is 0 Å². The van der Waals surface area contributed by atoms with E-state index in [0.29, 0.717) is 0 Å². The standard InChI is InChI=1S/C43H34N2.C40H30/c1-3-45-42-11-7-5-8-36(42)38-26-20-33(29-43(38)45)15-13-31-18-24-35(25-19-31)34-22-16-30(17-23-34)12-14-32-21-27-41-39(28-32)37-9-4-6-10-40(37)44(41)2;1-5-13-35(14-6-1)39(36-15-7-2-8-16-36)29-31-21-25-33(26-22-31)34-27-23-32(24-28-34)30-40(37-17-9-3-10-18-37)38-19-11-4-12-20-38/h4-29H,3H2,1-2H3;1-30H/b14-12+,15-13+;. The Hall–Kier alpha value is -10.8. The van der Waals surface area contributed by atoms with E-state index in [2.05, 4.69) is 363 Å². The fourth-order valence-corrected chi connectivity index (χ4v) is 11.8. The summed E-state index contributed by atoms with van der Waals surface area (Å²) in [5.41, 5.74) is 24.4. The van der Waals surface area contributed by atoms with Crippen molar-refractivity contribution in [3.8, 4) is 22.3 Å². The van der Waals surface area contributed by atoms with E-state index in [0.717, 1.165) is 6.54 Å². The molecule has 0 fully saturated rings. The first kappa shape index (κ1) is 53.5. The summed E-state index contributed by atoms with van der Waals surface area (Å²) in [6, 6.07) is 108. The third-order valence-corrected chi connectivity index (χ3v) is 16.3. The molecule has 406 valence electrons.